The van der Waals surface area contributed by atoms with Gasteiger partial charge in [-0.3, -0.25) is 0 Å². The first-order valence-corrected chi connectivity index (χ1v) is 5.57. The average Bonchev–Trinajstić information content (AvgIpc) is 2.72. The second-order valence-corrected chi connectivity index (χ2v) is 4.13. The molecule has 2 aliphatic rings. The fourth-order valence-corrected chi connectivity index (χ4v) is 2.50. The predicted molar refractivity (Wildman–Crippen MR) is 54.2 cm³/mol. The van der Waals surface area contributed by atoms with Gasteiger partial charge in [0.05, 0.1) is 13.2 Å². The first-order chi connectivity index (χ1) is 7.22. The minimum atomic E-state index is -0.593. The van der Waals surface area contributed by atoms with Crippen molar-refractivity contribution in [3.63, 3.8) is 0 Å². The first-order valence-electron chi connectivity index (χ1n) is 5.57. The molecule has 0 saturated carbocycles. The largest absolute Gasteiger partial charge is 0.527 e. The monoisotopic (exact) mass is 214 g/mol. The smallest absolute Gasteiger partial charge is 0.433 e. The molecule has 3 unspecified atom stereocenters. The van der Waals surface area contributed by atoms with Crippen LogP contribution in [-0.2, 0) is 9.57 Å². The van der Waals surface area contributed by atoms with Crippen molar-refractivity contribution in [2.75, 3.05) is 19.7 Å². The summed E-state index contributed by atoms with van der Waals surface area (Å²) < 4.78 is 4.75. The van der Waals surface area contributed by atoms with Gasteiger partial charge in [0.1, 0.15) is 0 Å². The molecule has 2 rings (SSSR count). The van der Waals surface area contributed by atoms with Crippen LogP contribution >= 0.6 is 0 Å². The van der Waals surface area contributed by atoms with Crippen LogP contribution in [0.25, 0.3) is 0 Å². The lowest BCUT2D eigenvalue weighted by molar-refractivity contribution is -0.137. The lowest BCUT2D eigenvalue weighted by Gasteiger charge is -2.21. The lowest BCUT2D eigenvalue weighted by Crippen LogP contribution is -2.34. The second-order valence-electron chi connectivity index (χ2n) is 4.13. The van der Waals surface area contributed by atoms with E-state index in [2.05, 4.69) is 12.2 Å². The molecule has 0 aromatic carbocycles. The molecule has 0 aromatic rings. The highest BCUT2D eigenvalue weighted by Gasteiger charge is 2.43. The Balaban J connectivity index is 1.87. The molecule has 15 heavy (non-hydrogen) atoms. The minimum Gasteiger partial charge on any atom is -0.433 e. The Morgan fingerprint density at radius 3 is 3.07 bits per heavy atom. The van der Waals surface area contributed by atoms with Gasteiger partial charge in [-0.1, -0.05) is 0 Å². The summed E-state index contributed by atoms with van der Waals surface area (Å²) in [5.41, 5.74) is 0. The number of carbonyl (C=O) groups excluding carboxylic acids is 1. The molecule has 0 bridgehead atoms. The Hall–Kier alpha value is -0.810. The summed E-state index contributed by atoms with van der Waals surface area (Å²) in [6.07, 6.45) is 0.568. The molecule has 5 nitrogen and oxygen atoms in total. The molecule has 0 aromatic heterocycles. The molecule has 0 radical (unpaired) electrons. The van der Waals surface area contributed by atoms with E-state index < -0.39 is 6.16 Å². The van der Waals surface area contributed by atoms with Gasteiger partial charge in [0, 0.05) is 12.1 Å². The van der Waals surface area contributed by atoms with Crippen molar-refractivity contribution in [1.29, 1.82) is 0 Å². The van der Waals surface area contributed by atoms with Gasteiger partial charge in [-0.15, -0.1) is 5.06 Å². The standard InChI is InChI=1S/C10H18N2O3/c1-3-14-10(13)15-12-6-9-8(7(12)2)4-5-11-9/h7-9,11H,3-6H2,1-2H3. The fourth-order valence-electron chi connectivity index (χ4n) is 2.50. The highest BCUT2D eigenvalue weighted by molar-refractivity contribution is 5.59. The normalized spacial score (nSPS) is 35.2. The maximum atomic E-state index is 11.2. The number of hydroxylamine groups is 2. The summed E-state index contributed by atoms with van der Waals surface area (Å²) in [4.78, 5) is 16.3. The summed E-state index contributed by atoms with van der Waals surface area (Å²) >= 11 is 0. The zero-order valence-electron chi connectivity index (χ0n) is 9.23. The van der Waals surface area contributed by atoms with Gasteiger partial charge in [0.25, 0.3) is 0 Å². The van der Waals surface area contributed by atoms with Crippen LogP contribution in [0.2, 0.25) is 0 Å². The number of fused-ring (bicyclic) bond motifs is 1. The lowest BCUT2D eigenvalue weighted by atomic mass is 9.98. The van der Waals surface area contributed by atoms with Gasteiger partial charge in [-0.25, -0.2) is 4.79 Å². The van der Waals surface area contributed by atoms with Crippen molar-refractivity contribution in [3.8, 4) is 0 Å². The molecule has 2 heterocycles. The van der Waals surface area contributed by atoms with E-state index in [0.29, 0.717) is 18.6 Å². The van der Waals surface area contributed by atoms with Crippen molar-refractivity contribution >= 4 is 6.16 Å². The molecule has 0 aliphatic carbocycles. The topological polar surface area (TPSA) is 50.8 Å². The van der Waals surface area contributed by atoms with Crippen molar-refractivity contribution in [1.82, 2.24) is 10.4 Å². The van der Waals surface area contributed by atoms with E-state index in [4.69, 9.17) is 9.57 Å². The highest BCUT2D eigenvalue weighted by atomic mass is 16.8. The van der Waals surface area contributed by atoms with Gasteiger partial charge in [0.2, 0.25) is 0 Å². The Labute approximate surface area is 89.7 Å². The molecule has 86 valence electrons. The van der Waals surface area contributed by atoms with Crippen LogP contribution < -0.4 is 5.32 Å². The zero-order chi connectivity index (χ0) is 10.8. The molecule has 0 amide bonds. The first kappa shape index (κ1) is 10.7. The van der Waals surface area contributed by atoms with Gasteiger partial charge in [-0.05, 0) is 32.7 Å². The molecule has 2 saturated heterocycles. The number of hydrogen-bond donors (Lipinski definition) is 1. The van der Waals surface area contributed by atoms with E-state index in [1.807, 2.05) is 0 Å². The van der Waals surface area contributed by atoms with E-state index in [-0.39, 0.29) is 6.04 Å². The van der Waals surface area contributed by atoms with Gasteiger partial charge < -0.3 is 14.9 Å². The maximum absolute atomic E-state index is 11.2. The van der Waals surface area contributed by atoms with E-state index in [1.54, 1.807) is 12.0 Å². The summed E-state index contributed by atoms with van der Waals surface area (Å²) in [6, 6.07) is 0.754. The van der Waals surface area contributed by atoms with Crippen LogP contribution in [0.4, 0.5) is 4.79 Å². The molecule has 2 aliphatic heterocycles. The van der Waals surface area contributed by atoms with Crippen molar-refractivity contribution in [3.05, 3.63) is 0 Å². The van der Waals surface area contributed by atoms with Gasteiger partial charge in [-0.2, -0.15) is 0 Å². The summed E-state index contributed by atoms with van der Waals surface area (Å²) in [6.45, 7) is 6.06. The van der Waals surface area contributed by atoms with Crippen LogP contribution in [0.1, 0.15) is 20.3 Å². The highest BCUT2D eigenvalue weighted by Crippen LogP contribution is 2.30. The van der Waals surface area contributed by atoms with E-state index in [0.717, 1.165) is 19.5 Å². The Morgan fingerprint density at radius 2 is 2.40 bits per heavy atom. The second kappa shape index (κ2) is 4.37. The third-order valence-corrected chi connectivity index (χ3v) is 3.31. The quantitative estimate of drug-likeness (QED) is 0.688. The van der Waals surface area contributed by atoms with Crippen molar-refractivity contribution < 1.29 is 14.4 Å². The van der Waals surface area contributed by atoms with Gasteiger partial charge in [0.15, 0.2) is 0 Å². The zero-order valence-corrected chi connectivity index (χ0v) is 9.23. The third-order valence-electron chi connectivity index (χ3n) is 3.31. The Bertz CT molecular complexity index is 247. The molecule has 0 spiro atoms. The number of nitrogens with zero attached hydrogens (tertiary/aromatic N) is 1. The number of nitrogens with one attached hydrogen (secondary N) is 1. The maximum Gasteiger partial charge on any atom is 0.527 e. The molecule has 2 fully saturated rings. The number of hydrogen-bond acceptors (Lipinski definition) is 5. The summed E-state index contributed by atoms with van der Waals surface area (Å²) in [7, 11) is 0. The number of carbonyl (C=O) groups is 1. The van der Waals surface area contributed by atoms with Gasteiger partial charge >= 0.3 is 6.16 Å². The molecule has 3 atom stereocenters. The summed E-state index contributed by atoms with van der Waals surface area (Å²) in [5.74, 6) is 0.597. The van der Waals surface area contributed by atoms with E-state index in [1.165, 1.54) is 0 Å². The predicted octanol–water partition coefficient (Wildman–Crippen LogP) is 0.757. The van der Waals surface area contributed by atoms with E-state index >= 15 is 0 Å². The van der Waals surface area contributed by atoms with Crippen LogP contribution in [0.3, 0.4) is 0 Å². The molecular formula is C10H18N2O3. The molecule has 5 heteroatoms. The van der Waals surface area contributed by atoms with Crippen LogP contribution in [-0.4, -0.2) is 43.0 Å². The minimum absolute atomic E-state index is 0.286. The SMILES string of the molecule is CCOC(=O)ON1CC2NCCC2C1C. The Morgan fingerprint density at radius 1 is 1.60 bits per heavy atom. The van der Waals surface area contributed by atoms with Crippen molar-refractivity contribution in [2.45, 2.75) is 32.4 Å². The number of rotatable bonds is 2. The van der Waals surface area contributed by atoms with Crippen LogP contribution in [0.5, 0.6) is 0 Å². The average molecular weight is 214 g/mol. The van der Waals surface area contributed by atoms with Crippen molar-refractivity contribution in [2.24, 2.45) is 5.92 Å². The number of ether oxygens (including phenoxy) is 1. The third kappa shape index (κ3) is 2.08. The fraction of sp³-hybridized carbons (Fsp3) is 0.900. The van der Waals surface area contributed by atoms with E-state index in [9.17, 15) is 4.79 Å². The summed E-state index contributed by atoms with van der Waals surface area (Å²) in [5, 5.41) is 5.15. The van der Waals surface area contributed by atoms with Crippen LogP contribution in [0.15, 0.2) is 0 Å². The molecular weight excluding hydrogens is 196 g/mol. The molecule has 1 N–H and O–H groups in total. The Kier molecular flexibility index (Phi) is 3.11. The van der Waals surface area contributed by atoms with Crippen LogP contribution in [0, 0.1) is 5.92 Å².